The maximum absolute atomic E-state index is 13.9. The van der Waals surface area contributed by atoms with Gasteiger partial charge in [0.15, 0.2) is 11.6 Å². The van der Waals surface area contributed by atoms with Gasteiger partial charge in [-0.2, -0.15) is 0 Å². The van der Waals surface area contributed by atoms with Crippen LogP contribution in [0.3, 0.4) is 0 Å². The van der Waals surface area contributed by atoms with Crippen LogP contribution in [-0.2, 0) is 5.54 Å². The Labute approximate surface area is 105 Å². The van der Waals surface area contributed by atoms with Crippen LogP contribution in [0.15, 0.2) is 18.2 Å². The Morgan fingerprint density at radius 2 is 2.00 bits per heavy atom. The third-order valence-corrected chi connectivity index (χ3v) is 3.65. The standard InChI is InChI=1S/C13H18F2N2O/c1-13(9-18,17-7-5-16-6-8-17)10-3-2-4-11(14)12(10)15/h2-4,16,18H,5-9H2,1H3. The predicted molar refractivity (Wildman–Crippen MR) is 65.2 cm³/mol. The van der Waals surface area contributed by atoms with Gasteiger partial charge in [0.1, 0.15) is 0 Å². The minimum absolute atomic E-state index is 0.215. The summed E-state index contributed by atoms with van der Waals surface area (Å²) in [5.74, 6) is -1.74. The van der Waals surface area contributed by atoms with Crippen LogP contribution in [0.5, 0.6) is 0 Å². The van der Waals surface area contributed by atoms with Crippen molar-refractivity contribution >= 4 is 0 Å². The SMILES string of the molecule is CC(CO)(c1cccc(F)c1F)N1CCNCC1. The summed E-state index contributed by atoms with van der Waals surface area (Å²) in [6.45, 7) is 4.47. The second-order valence-electron chi connectivity index (χ2n) is 4.77. The number of hydrogen-bond donors (Lipinski definition) is 2. The van der Waals surface area contributed by atoms with Crippen molar-refractivity contribution in [1.82, 2.24) is 10.2 Å². The average molecular weight is 256 g/mol. The van der Waals surface area contributed by atoms with Crippen LogP contribution in [0.2, 0.25) is 0 Å². The molecule has 5 heteroatoms. The molecule has 0 radical (unpaired) electrons. The van der Waals surface area contributed by atoms with E-state index in [-0.39, 0.29) is 12.2 Å². The van der Waals surface area contributed by atoms with E-state index in [1.165, 1.54) is 12.1 Å². The van der Waals surface area contributed by atoms with Crippen molar-refractivity contribution in [2.24, 2.45) is 0 Å². The van der Waals surface area contributed by atoms with Crippen molar-refractivity contribution in [2.75, 3.05) is 32.8 Å². The van der Waals surface area contributed by atoms with Crippen LogP contribution >= 0.6 is 0 Å². The fraction of sp³-hybridized carbons (Fsp3) is 0.538. The van der Waals surface area contributed by atoms with E-state index in [9.17, 15) is 13.9 Å². The summed E-state index contributed by atoms with van der Waals surface area (Å²) >= 11 is 0. The Morgan fingerprint density at radius 1 is 1.33 bits per heavy atom. The van der Waals surface area contributed by atoms with Crippen LogP contribution in [0.4, 0.5) is 8.78 Å². The number of hydrogen-bond acceptors (Lipinski definition) is 3. The highest BCUT2D eigenvalue weighted by atomic mass is 19.2. The second kappa shape index (κ2) is 5.30. The molecule has 0 bridgehead atoms. The maximum Gasteiger partial charge on any atom is 0.163 e. The highest BCUT2D eigenvalue weighted by molar-refractivity contribution is 5.27. The highest BCUT2D eigenvalue weighted by Crippen LogP contribution is 2.31. The molecule has 1 heterocycles. The lowest BCUT2D eigenvalue weighted by Crippen LogP contribution is -2.55. The van der Waals surface area contributed by atoms with Crippen LogP contribution in [0.1, 0.15) is 12.5 Å². The van der Waals surface area contributed by atoms with E-state index in [1.807, 2.05) is 4.90 Å². The van der Waals surface area contributed by atoms with Gasteiger partial charge in [0.2, 0.25) is 0 Å². The third kappa shape index (κ3) is 2.25. The molecule has 0 amide bonds. The minimum Gasteiger partial charge on any atom is -0.394 e. The van der Waals surface area contributed by atoms with Gasteiger partial charge in [0.05, 0.1) is 12.1 Å². The molecular weight excluding hydrogens is 238 g/mol. The molecule has 2 N–H and O–H groups in total. The first-order chi connectivity index (χ1) is 8.59. The highest BCUT2D eigenvalue weighted by Gasteiger charge is 2.36. The number of benzene rings is 1. The zero-order chi connectivity index (χ0) is 13.2. The Bertz CT molecular complexity index is 421. The van der Waals surface area contributed by atoms with E-state index in [1.54, 1.807) is 6.92 Å². The van der Waals surface area contributed by atoms with Crippen LogP contribution in [-0.4, -0.2) is 42.8 Å². The predicted octanol–water partition coefficient (Wildman–Crippen LogP) is 1.08. The van der Waals surface area contributed by atoms with Gasteiger partial charge in [-0.25, -0.2) is 8.78 Å². The maximum atomic E-state index is 13.9. The molecular formula is C13H18F2N2O. The van der Waals surface area contributed by atoms with Gasteiger partial charge in [0, 0.05) is 31.7 Å². The number of piperazine rings is 1. The topological polar surface area (TPSA) is 35.5 Å². The summed E-state index contributed by atoms with van der Waals surface area (Å²) in [4.78, 5) is 1.99. The van der Waals surface area contributed by atoms with Crippen molar-refractivity contribution in [1.29, 1.82) is 0 Å². The van der Waals surface area contributed by atoms with Crippen molar-refractivity contribution in [2.45, 2.75) is 12.5 Å². The fourth-order valence-electron chi connectivity index (χ4n) is 2.43. The molecule has 0 spiro atoms. The van der Waals surface area contributed by atoms with Crippen molar-refractivity contribution in [3.8, 4) is 0 Å². The summed E-state index contributed by atoms with van der Waals surface area (Å²) in [6.07, 6.45) is 0. The lowest BCUT2D eigenvalue weighted by atomic mass is 9.89. The molecule has 0 aromatic heterocycles. The Morgan fingerprint density at radius 3 is 2.61 bits per heavy atom. The van der Waals surface area contributed by atoms with Gasteiger partial charge in [-0.15, -0.1) is 0 Å². The molecule has 1 aromatic rings. The number of aliphatic hydroxyl groups excluding tert-OH is 1. The Balaban J connectivity index is 2.38. The lowest BCUT2D eigenvalue weighted by molar-refractivity contribution is 0.0281. The smallest absolute Gasteiger partial charge is 0.163 e. The first-order valence-electron chi connectivity index (χ1n) is 6.10. The zero-order valence-electron chi connectivity index (χ0n) is 10.4. The first-order valence-corrected chi connectivity index (χ1v) is 6.10. The van der Waals surface area contributed by atoms with Crippen molar-refractivity contribution < 1.29 is 13.9 Å². The van der Waals surface area contributed by atoms with E-state index >= 15 is 0 Å². The number of aliphatic hydroxyl groups is 1. The van der Waals surface area contributed by atoms with E-state index in [0.29, 0.717) is 13.1 Å². The molecule has 2 rings (SSSR count). The monoisotopic (exact) mass is 256 g/mol. The number of halogens is 2. The molecule has 1 aliphatic heterocycles. The quantitative estimate of drug-likeness (QED) is 0.849. The first kappa shape index (κ1) is 13.4. The summed E-state index contributed by atoms with van der Waals surface area (Å²) < 4.78 is 27.2. The molecule has 1 aliphatic rings. The van der Waals surface area contributed by atoms with Crippen LogP contribution in [0, 0.1) is 11.6 Å². The average Bonchev–Trinajstić information content (AvgIpc) is 2.42. The molecule has 1 saturated heterocycles. The third-order valence-electron chi connectivity index (χ3n) is 3.65. The molecule has 1 fully saturated rings. The summed E-state index contributed by atoms with van der Waals surface area (Å²) in [6, 6.07) is 4.11. The van der Waals surface area contributed by atoms with Crippen LogP contribution in [0.25, 0.3) is 0 Å². The van der Waals surface area contributed by atoms with E-state index in [0.717, 1.165) is 19.2 Å². The molecule has 1 atom stereocenters. The fourth-order valence-corrected chi connectivity index (χ4v) is 2.43. The largest absolute Gasteiger partial charge is 0.394 e. The zero-order valence-corrected chi connectivity index (χ0v) is 10.4. The van der Waals surface area contributed by atoms with Gasteiger partial charge in [-0.1, -0.05) is 12.1 Å². The normalized spacial score (nSPS) is 20.7. The van der Waals surface area contributed by atoms with E-state index < -0.39 is 17.2 Å². The van der Waals surface area contributed by atoms with E-state index in [2.05, 4.69) is 5.32 Å². The lowest BCUT2D eigenvalue weighted by Gasteiger charge is -2.42. The number of rotatable bonds is 3. The Kier molecular flexibility index (Phi) is 3.94. The molecule has 0 aliphatic carbocycles. The summed E-state index contributed by atoms with van der Waals surface area (Å²) in [5.41, 5.74) is -0.666. The molecule has 1 unspecified atom stereocenters. The molecule has 1 aromatic carbocycles. The van der Waals surface area contributed by atoms with Crippen molar-refractivity contribution in [3.63, 3.8) is 0 Å². The molecule has 3 nitrogen and oxygen atoms in total. The molecule has 0 saturated carbocycles. The van der Waals surface area contributed by atoms with Gasteiger partial charge in [-0.3, -0.25) is 4.90 Å². The summed E-state index contributed by atoms with van der Waals surface area (Å²) in [7, 11) is 0. The van der Waals surface area contributed by atoms with Gasteiger partial charge < -0.3 is 10.4 Å². The number of nitrogens with zero attached hydrogens (tertiary/aromatic N) is 1. The molecule has 18 heavy (non-hydrogen) atoms. The Hall–Kier alpha value is -1.04. The molecule has 100 valence electrons. The van der Waals surface area contributed by atoms with Gasteiger partial charge >= 0.3 is 0 Å². The van der Waals surface area contributed by atoms with E-state index in [4.69, 9.17) is 0 Å². The minimum atomic E-state index is -0.881. The van der Waals surface area contributed by atoms with Gasteiger partial charge in [-0.05, 0) is 13.0 Å². The summed E-state index contributed by atoms with van der Waals surface area (Å²) in [5, 5.41) is 12.9. The second-order valence-corrected chi connectivity index (χ2v) is 4.77. The van der Waals surface area contributed by atoms with Gasteiger partial charge in [0.25, 0.3) is 0 Å². The number of nitrogens with one attached hydrogen (secondary N) is 1. The van der Waals surface area contributed by atoms with Crippen LogP contribution < -0.4 is 5.32 Å². The van der Waals surface area contributed by atoms with Crippen molar-refractivity contribution in [3.05, 3.63) is 35.4 Å².